The van der Waals surface area contributed by atoms with Gasteiger partial charge in [0, 0.05) is 18.7 Å². The van der Waals surface area contributed by atoms with Crippen molar-refractivity contribution in [3.8, 4) is 5.75 Å². The minimum atomic E-state index is -0.340. The van der Waals surface area contributed by atoms with Crippen molar-refractivity contribution in [1.29, 1.82) is 0 Å². The van der Waals surface area contributed by atoms with Gasteiger partial charge in [-0.15, -0.1) is 0 Å². The van der Waals surface area contributed by atoms with E-state index in [-0.39, 0.29) is 17.6 Å². The highest BCUT2D eigenvalue weighted by molar-refractivity contribution is 8.26. The number of hydrogen-bond acceptors (Lipinski definition) is 5. The van der Waals surface area contributed by atoms with E-state index >= 15 is 0 Å². The summed E-state index contributed by atoms with van der Waals surface area (Å²) in [6, 6.07) is 13.1. The minimum Gasteiger partial charge on any atom is -0.497 e. The van der Waals surface area contributed by atoms with E-state index in [1.807, 2.05) is 30.3 Å². The molecule has 0 saturated carbocycles. The maximum atomic E-state index is 12.9. The fraction of sp³-hybridized carbons (Fsp3) is 0.261. The summed E-state index contributed by atoms with van der Waals surface area (Å²) in [5.74, 6) is 0.225. The second-order valence-corrected chi connectivity index (χ2v) is 8.65. The molecule has 1 fully saturated rings. The first-order valence-electron chi connectivity index (χ1n) is 9.91. The molecule has 31 heavy (non-hydrogen) atoms. The molecular formula is C23H23FN2O3S2. The van der Waals surface area contributed by atoms with Gasteiger partial charge in [-0.05, 0) is 60.9 Å². The van der Waals surface area contributed by atoms with E-state index < -0.39 is 0 Å². The van der Waals surface area contributed by atoms with Crippen LogP contribution in [0.2, 0.25) is 0 Å². The minimum absolute atomic E-state index is 0.0835. The van der Waals surface area contributed by atoms with Crippen LogP contribution in [0.4, 0.5) is 10.1 Å². The number of carbonyl (C=O) groups excluding carboxylic acids is 2. The van der Waals surface area contributed by atoms with Gasteiger partial charge in [0.2, 0.25) is 5.91 Å². The van der Waals surface area contributed by atoms with Crippen LogP contribution in [0.3, 0.4) is 0 Å². The highest BCUT2D eigenvalue weighted by atomic mass is 32.2. The van der Waals surface area contributed by atoms with E-state index in [9.17, 15) is 14.0 Å². The molecular weight excluding hydrogens is 435 g/mol. The summed E-state index contributed by atoms with van der Waals surface area (Å²) in [7, 11) is 1.61. The predicted molar refractivity (Wildman–Crippen MR) is 126 cm³/mol. The van der Waals surface area contributed by atoms with E-state index in [2.05, 4.69) is 5.32 Å². The predicted octanol–water partition coefficient (Wildman–Crippen LogP) is 5.23. The summed E-state index contributed by atoms with van der Waals surface area (Å²) in [6.07, 6.45) is 4.45. The van der Waals surface area contributed by atoms with Gasteiger partial charge in [0.15, 0.2) is 0 Å². The zero-order valence-corrected chi connectivity index (χ0v) is 18.7. The molecule has 0 radical (unpaired) electrons. The lowest BCUT2D eigenvalue weighted by Gasteiger charge is -2.14. The Bertz CT molecular complexity index is 975. The first-order valence-corrected chi connectivity index (χ1v) is 11.1. The Morgan fingerprint density at radius 1 is 1.13 bits per heavy atom. The second kappa shape index (κ2) is 11.1. The van der Waals surface area contributed by atoms with Gasteiger partial charge in [0.1, 0.15) is 15.9 Å². The molecule has 1 aliphatic heterocycles. The van der Waals surface area contributed by atoms with Crippen LogP contribution in [0.5, 0.6) is 5.75 Å². The van der Waals surface area contributed by atoms with Gasteiger partial charge in [-0.25, -0.2) is 4.39 Å². The molecule has 1 N–H and O–H groups in total. The van der Waals surface area contributed by atoms with Crippen molar-refractivity contribution in [2.75, 3.05) is 19.0 Å². The topological polar surface area (TPSA) is 58.6 Å². The van der Waals surface area contributed by atoms with Crippen LogP contribution in [0, 0.1) is 5.82 Å². The number of halogens is 1. The maximum absolute atomic E-state index is 12.9. The largest absolute Gasteiger partial charge is 0.497 e. The van der Waals surface area contributed by atoms with Crippen molar-refractivity contribution in [3.63, 3.8) is 0 Å². The Morgan fingerprint density at radius 2 is 1.84 bits per heavy atom. The Kier molecular flexibility index (Phi) is 8.20. The average molecular weight is 459 g/mol. The molecule has 0 aliphatic carbocycles. The molecule has 0 spiro atoms. The number of hydrogen-bond donors (Lipinski definition) is 1. The number of thiocarbonyl (C=S) groups is 1. The summed E-state index contributed by atoms with van der Waals surface area (Å²) in [6.45, 7) is 0.532. The van der Waals surface area contributed by atoms with E-state index in [0.717, 1.165) is 24.2 Å². The highest BCUT2D eigenvalue weighted by Crippen LogP contribution is 2.33. The SMILES string of the molecule is COc1ccc(/C=C2\SC(=S)N(CCCCCC(=O)Nc3ccc(F)cc3)C2=O)cc1. The van der Waals surface area contributed by atoms with Crippen molar-refractivity contribution in [2.24, 2.45) is 0 Å². The molecule has 0 unspecified atom stereocenters. The van der Waals surface area contributed by atoms with Crippen LogP contribution in [0.1, 0.15) is 31.2 Å². The Balaban J connectivity index is 1.41. The molecule has 0 atom stereocenters. The molecule has 0 aromatic heterocycles. The van der Waals surface area contributed by atoms with Crippen molar-refractivity contribution in [2.45, 2.75) is 25.7 Å². The number of rotatable bonds is 9. The van der Waals surface area contributed by atoms with E-state index in [1.54, 1.807) is 12.0 Å². The van der Waals surface area contributed by atoms with Crippen molar-refractivity contribution < 1.29 is 18.7 Å². The van der Waals surface area contributed by atoms with Crippen molar-refractivity contribution in [1.82, 2.24) is 4.90 Å². The number of anilines is 1. The molecule has 162 valence electrons. The lowest BCUT2D eigenvalue weighted by Crippen LogP contribution is -2.29. The van der Waals surface area contributed by atoms with E-state index in [4.69, 9.17) is 17.0 Å². The molecule has 2 aromatic carbocycles. The average Bonchev–Trinajstić information content (AvgIpc) is 3.03. The molecule has 2 aromatic rings. The van der Waals surface area contributed by atoms with Gasteiger partial charge < -0.3 is 10.1 Å². The van der Waals surface area contributed by atoms with Gasteiger partial charge in [-0.1, -0.05) is 42.5 Å². The third kappa shape index (κ3) is 6.63. The first-order chi connectivity index (χ1) is 15.0. The molecule has 1 saturated heterocycles. The first kappa shape index (κ1) is 23.0. The molecule has 1 heterocycles. The Morgan fingerprint density at radius 3 is 2.52 bits per heavy atom. The van der Waals surface area contributed by atoms with Crippen LogP contribution in [-0.2, 0) is 9.59 Å². The normalized spacial score (nSPS) is 14.9. The number of methoxy groups -OCH3 is 1. The zero-order chi connectivity index (χ0) is 22.2. The summed E-state index contributed by atoms with van der Waals surface area (Å²) in [4.78, 5) is 26.9. The number of ether oxygens (including phenoxy) is 1. The maximum Gasteiger partial charge on any atom is 0.266 e. The van der Waals surface area contributed by atoms with Crippen LogP contribution in [-0.4, -0.2) is 34.7 Å². The lowest BCUT2D eigenvalue weighted by atomic mass is 10.1. The number of nitrogens with zero attached hydrogens (tertiary/aromatic N) is 1. The number of benzene rings is 2. The number of thioether (sulfide) groups is 1. The lowest BCUT2D eigenvalue weighted by molar-refractivity contribution is -0.122. The summed E-state index contributed by atoms with van der Waals surface area (Å²) in [5.41, 5.74) is 1.49. The summed E-state index contributed by atoms with van der Waals surface area (Å²) >= 11 is 6.67. The van der Waals surface area contributed by atoms with Gasteiger partial charge in [0.25, 0.3) is 5.91 Å². The van der Waals surface area contributed by atoms with Gasteiger partial charge in [0.05, 0.1) is 12.0 Å². The van der Waals surface area contributed by atoms with Gasteiger partial charge >= 0.3 is 0 Å². The third-order valence-electron chi connectivity index (χ3n) is 4.70. The number of unbranched alkanes of at least 4 members (excludes halogenated alkanes) is 2. The quantitative estimate of drug-likeness (QED) is 0.317. The van der Waals surface area contributed by atoms with Crippen molar-refractivity contribution in [3.05, 3.63) is 64.8 Å². The highest BCUT2D eigenvalue weighted by Gasteiger charge is 2.31. The number of nitrogens with one attached hydrogen (secondary N) is 1. The molecule has 3 rings (SSSR count). The number of carbonyl (C=O) groups is 2. The standard InChI is InChI=1S/C23H23FN2O3S2/c1-29-19-12-6-16(7-13-19)15-20-22(28)26(23(30)31-20)14-4-2-3-5-21(27)25-18-10-8-17(24)9-11-18/h6-13,15H,2-5,14H2,1H3,(H,25,27)/b20-15-. The van der Waals surface area contributed by atoms with E-state index in [0.29, 0.717) is 34.3 Å². The second-order valence-electron chi connectivity index (χ2n) is 6.97. The Labute approximate surface area is 190 Å². The molecule has 2 amide bonds. The monoisotopic (exact) mass is 458 g/mol. The molecule has 5 nitrogen and oxygen atoms in total. The van der Waals surface area contributed by atoms with Crippen LogP contribution in [0.15, 0.2) is 53.4 Å². The van der Waals surface area contributed by atoms with E-state index in [1.165, 1.54) is 36.0 Å². The van der Waals surface area contributed by atoms with Gasteiger partial charge in [-0.3, -0.25) is 14.5 Å². The molecule has 0 bridgehead atoms. The fourth-order valence-electron chi connectivity index (χ4n) is 3.03. The third-order valence-corrected chi connectivity index (χ3v) is 6.08. The van der Waals surface area contributed by atoms with Gasteiger partial charge in [-0.2, -0.15) is 0 Å². The van der Waals surface area contributed by atoms with Crippen LogP contribution < -0.4 is 10.1 Å². The van der Waals surface area contributed by atoms with Crippen LogP contribution >= 0.6 is 24.0 Å². The van der Waals surface area contributed by atoms with Crippen molar-refractivity contribution >= 4 is 51.9 Å². The zero-order valence-electron chi connectivity index (χ0n) is 17.1. The smallest absolute Gasteiger partial charge is 0.266 e. The Hall–Kier alpha value is -2.71. The summed E-state index contributed by atoms with van der Waals surface area (Å²) < 4.78 is 18.6. The molecule has 1 aliphatic rings. The molecule has 8 heteroatoms. The number of amides is 2. The summed E-state index contributed by atoms with van der Waals surface area (Å²) in [5, 5.41) is 2.74. The fourth-order valence-corrected chi connectivity index (χ4v) is 4.34. The van der Waals surface area contributed by atoms with Crippen LogP contribution in [0.25, 0.3) is 6.08 Å².